The van der Waals surface area contributed by atoms with Crippen LogP contribution in [-0.2, 0) is 4.74 Å². The van der Waals surface area contributed by atoms with Gasteiger partial charge in [0, 0.05) is 19.3 Å². The molecule has 0 heterocycles. The van der Waals surface area contributed by atoms with Crippen molar-refractivity contribution in [2.24, 2.45) is 11.8 Å². The van der Waals surface area contributed by atoms with Gasteiger partial charge in [-0.2, -0.15) is 0 Å². The molecular formula is C15H31NO. The van der Waals surface area contributed by atoms with E-state index in [2.05, 4.69) is 26.1 Å². The predicted octanol–water partition coefficient (Wildman–Crippen LogP) is 3.61. The van der Waals surface area contributed by atoms with E-state index in [0.29, 0.717) is 5.92 Å². The maximum Gasteiger partial charge on any atom is 0.0489 e. The van der Waals surface area contributed by atoms with Crippen LogP contribution in [0.15, 0.2) is 0 Å². The summed E-state index contributed by atoms with van der Waals surface area (Å²) in [7, 11) is 0. The Hall–Kier alpha value is -0.0800. The van der Waals surface area contributed by atoms with Gasteiger partial charge in [-0.05, 0) is 50.5 Å². The highest BCUT2D eigenvalue weighted by atomic mass is 16.5. The monoisotopic (exact) mass is 241 g/mol. The minimum Gasteiger partial charge on any atom is -0.381 e. The first kappa shape index (κ1) is 15.0. The van der Waals surface area contributed by atoms with Crippen LogP contribution in [0.3, 0.4) is 0 Å². The topological polar surface area (TPSA) is 21.3 Å². The largest absolute Gasteiger partial charge is 0.381 e. The standard InChI is InChI=1S/C15H31NO/c1-4-14-6-8-15(9-7-14)16-10-5-11-17-12-13(2)3/h13-16H,4-12H2,1-3H3. The van der Waals surface area contributed by atoms with Crippen molar-refractivity contribution < 1.29 is 4.74 Å². The molecule has 0 aliphatic heterocycles. The van der Waals surface area contributed by atoms with Crippen molar-refractivity contribution in [1.29, 1.82) is 0 Å². The average Bonchev–Trinajstić information content (AvgIpc) is 2.34. The molecule has 0 spiro atoms. The van der Waals surface area contributed by atoms with Gasteiger partial charge in [-0.3, -0.25) is 0 Å². The smallest absolute Gasteiger partial charge is 0.0489 e. The highest BCUT2D eigenvalue weighted by molar-refractivity contribution is 4.76. The zero-order valence-corrected chi connectivity index (χ0v) is 12.0. The zero-order chi connectivity index (χ0) is 12.5. The fraction of sp³-hybridized carbons (Fsp3) is 1.00. The van der Waals surface area contributed by atoms with Crippen molar-refractivity contribution in [3.8, 4) is 0 Å². The fourth-order valence-corrected chi connectivity index (χ4v) is 2.57. The minimum atomic E-state index is 0.660. The molecule has 0 saturated heterocycles. The Labute approximate surface area is 108 Å². The minimum absolute atomic E-state index is 0.660. The summed E-state index contributed by atoms with van der Waals surface area (Å²) in [6, 6.07) is 0.780. The SMILES string of the molecule is CCC1CCC(NCCCOCC(C)C)CC1. The second-order valence-corrected chi connectivity index (χ2v) is 5.90. The molecule has 17 heavy (non-hydrogen) atoms. The molecule has 2 nitrogen and oxygen atoms in total. The van der Waals surface area contributed by atoms with Crippen molar-refractivity contribution in [3.63, 3.8) is 0 Å². The summed E-state index contributed by atoms with van der Waals surface area (Å²) in [6.45, 7) is 9.66. The number of rotatable bonds is 8. The lowest BCUT2D eigenvalue weighted by Gasteiger charge is -2.28. The molecule has 0 aromatic rings. The molecule has 1 rings (SSSR count). The molecule has 0 aromatic heterocycles. The van der Waals surface area contributed by atoms with E-state index in [1.807, 2.05) is 0 Å². The maximum absolute atomic E-state index is 5.58. The van der Waals surface area contributed by atoms with E-state index in [4.69, 9.17) is 4.74 Å². The van der Waals surface area contributed by atoms with Crippen LogP contribution in [0, 0.1) is 11.8 Å². The van der Waals surface area contributed by atoms with E-state index < -0.39 is 0 Å². The van der Waals surface area contributed by atoms with E-state index >= 15 is 0 Å². The molecule has 1 aliphatic carbocycles. The third kappa shape index (κ3) is 7.05. The highest BCUT2D eigenvalue weighted by Crippen LogP contribution is 2.26. The van der Waals surface area contributed by atoms with Gasteiger partial charge in [0.25, 0.3) is 0 Å². The summed E-state index contributed by atoms with van der Waals surface area (Å²) in [5, 5.41) is 3.67. The Balaban J connectivity index is 1.90. The molecule has 0 bridgehead atoms. The van der Waals surface area contributed by atoms with Gasteiger partial charge in [0.1, 0.15) is 0 Å². The summed E-state index contributed by atoms with van der Waals surface area (Å²) in [5.74, 6) is 1.66. The molecule has 102 valence electrons. The van der Waals surface area contributed by atoms with Gasteiger partial charge in [-0.15, -0.1) is 0 Å². The van der Waals surface area contributed by atoms with Crippen molar-refractivity contribution in [2.75, 3.05) is 19.8 Å². The maximum atomic E-state index is 5.58. The summed E-state index contributed by atoms with van der Waals surface area (Å²) < 4.78 is 5.58. The van der Waals surface area contributed by atoms with Crippen LogP contribution in [0.25, 0.3) is 0 Å². The van der Waals surface area contributed by atoms with Gasteiger partial charge < -0.3 is 10.1 Å². The number of ether oxygens (including phenoxy) is 1. The third-order valence-corrected chi connectivity index (χ3v) is 3.77. The number of hydrogen-bond acceptors (Lipinski definition) is 2. The molecule has 1 saturated carbocycles. The first-order valence-electron chi connectivity index (χ1n) is 7.53. The van der Waals surface area contributed by atoms with Crippen LogP contribution in [-0.4, -0.2) is 25.8 Å². The Morgan fingerprint density at radius 2 is 1.88 bits per heavy atom. The summed E-state index contributed by atoms with van der Waals surface area (Å²) in [4.78, 5) is 0. The van der Waals surface area contributed by atoms with Crippen LogP contribution < -0.4 is 5.32 Å². The van der Waals surface area contributed by atoms with Gasteiger partial charge >= 0.3 is 0 Å². The zero-order valence-electron chi connectivity index (χ0n) is 12.0. The molecule has 2 heteroatoms. The third-order valence-electron chi connectivity index (χ3n) is 3.77. The normalized spacial score (nSPS) is 25.4. The summed E-state index contributed by atoms with van der Waals surface area (Å²) in [6.07, 6.45) is 8.14. The van der Waals surface area contributed by atoms with Gasteiger partial charge in [0.2, 0.25) is 0 Å². The van der Waals surface area contributed by atoms with Crippen LogP contribution in [0.5, 0.6) is 0 Å². The second-order valence-electron chi connectivity index (χ2n) is 5.90. The van der Waals surface area contributed by atoms with Gasteiger partial charge in [-0.25, -0.2) is 0 Å². The Kier molecular flexibility index (Phi) is 7.87. The molecule has 0 atom stereocenters. The highest BCUT2D eigenvalue weighted by Gasteiger charge is 2.18. The molecule has 1 N–H and O–H groups in total. The van der Waals surface area contributed by atoms with Gasteiger partial charge in [0.15, 0.2) is 0 Å². The molecule has 1 fully saturated rings. The van der Waals surface area contributed by atoms with Crippen LogP contribution in [0.4, 0.5) is 0 Å². The molecule has 0 aromatic carbocycles. The molecule has 1 aliphatic rings. The summed E-state index contributed by atoms with van der Waals surface area (Å²) >= 11 is 0. The molecular weight excluding hydrogens is 210 g/mol. The summed E-state index contributed by atoms with van der Waals surface area (Å²) in [5.41, 5.74) is 0. The van der Waals surface area contributed by atoms with Gasteiger partial charge in [-0.1, -0.05) is 27.2 Å². The Bertz CT molecular complexity index is 174. The Morgan fingerprint density at radius 3 is 2.47 bits per heavy atom. The van der Waals surface area contributed by atoms with E-state index in [-0.39, 0.29) is 0 Å². The first-order chi connectivity index (χ1) is 8.22. The van der Waals surface area contributed by atoms with Crippen molar-refractivity contribution in [3.05, 3.63) is 0 Å². The van der Waals surface area contributed by atoms with Crippen LogP contribution in [0.1, 0.15) is 59.3 Å². The second kappa shape index (κ2) is 8.93. The van der Waals surface area contributed by atoms with Crippen molar-refractivity contribution >= 4 is 0 Å². The quantitative estimate of drug-likeness (QED) is 0.656. The van der Waals surface area contributed by atoms with E-state index in [1.165, 1.54) is 32.1 Å². The van der Waals surface area contributed by atoms with Gasteiger partial charge in [0.05, 0.1) is 0 Å². The number of nitrogens with one attached hydrogen (secondary N) is 1. The van der Waals surface area contributed by atoms with Crippen molar-refractivity contribution in [2.45, 2.75) is 65.3 Å². The van der Waals surface area contributed by atoms with E-state index in [0.717, 1.165) is 38.1 Å². The number of hydrogen-bond donors (Lipinski definition) is 1. The lowest BCUT2D eigenvalue weighted by atomic mass is 9.84. The lowest BCUT2D eigenvalue weighted by Crippen LogP contribution is -2.34. The van der Waals surface area contributed by atoms with E-state index in [1.54, 1.807) is 0 Å². The fourth-order valence-electron chi connectivity index (χ4n) is 2.57. The molecule has 0 unspecified atom stereocenters. The Morgan fingerprint density at radius 1 is 1.18 bits per heavy atom. The first-order valence-corrected chi connectivity index (χ1v) is 7.53. The molecule has 0 radical (unpaired) electrons. The van der Waals surface area contributed by atoms with Crippen LogP contribution in [0.2, 0.25) is 0 Å². The predicted molar refractivity (Wildman–Crippen MR) is 74.3 cm³/mol. The average molecular weight is 241 g/mol. The lowest BCUT2D eigenvalue weighted by molar-refractivity contribution is 0.107. The van der Waals surface area contributed by atoms with Crippen LogP contribution >= 0.6 is 0 Å². The molecule has 0 amide bonds. The van der Waals surface area contributed by atoms with Crippen molar-refractivity contribution in [1.82, 2.24) is 5.32 Å². The van der Waals surface area contributed by atoms with E-state index in [9.17, 15) is 0 Å².